The van der Waals surface area contributed by atoms with Crippen molar-refractivity contribution in [1.29, 1.82) is 0 Å². The summed E-state index contributed by atoms with van der Waals surface area (Å²) in [6, 6.07) is 10.3. The SMILES string of the molecule is COCc1ccc(CNCc2ccncn2)cc1. The highest BCUT2D eigenvalue weighted by molar-refractivity contribution is 5.21. The van der Waals surface area contributed by atoms with E-state index in [2.05, 4.69) is 39.6 Å². The van der Waals surface area contributed by atoms with E-state index in [1.807, 2.05) is 6.07 Å². The number of aromatic nitrogens is 2. The molecule has 1 aromatic carbocycles. The van der Waals surface area contributed by atoms with Crippen molar-refractivity contribution in [2.45, 2.75) is 19.7 Å². The van der Waals surface area contributed by atoms with Crippen LogP contribution in [0.1, 0.15) is 16.8 Å². The maximum absolute atomic E-state index is 5.08. The molecule has 1 N–H and O–H groups in total. The number of benzene rings is 1. The van der Waals surface area contributed by atoms with E-state index < -0.39 is 0 Å². The van der Waals surface area contributed by atoms with Gasteiger partial charge in [-0.25, -0.2) is 9.97 Å². The topological polar surface area (TPSA) is 47.0 Å². The minimum atomic E-state index is 0.661. The van der Waals surface area contributed by atoms with Gasteiger partial charge < -0.3 is 10.1 Å². The summed E-state index contributed by atoms with van der Waals surface area (Å²) in [5.41, 5.74) is 3.45. The minimum absolute atomic E-state index is 0.661. The van der Waals surface area contributed by atoms with Crippen molar-refractivity contribution in [3.05, 3.63) is 59.7 Å². The average Bonchev–Trinajstić information content (AvgIpc) is 2.42. The minimum Gasteiger partial charge on any atom is -0.380 e. The van der Waals surface area contributed by atoms with E-state index >= 15 is 0 Å². The van der Waals surface area contributed by atoms with Crippen LogP contribution >= 0.6 is 0 Å². The highest BCUT2D eigenvalue weighted by Crippen LogP contribution is 2.05. The molecule has 0 aliphatic carbocycles. The highest BCUT2D eigenvalue weighted by atomic mass is 16.5. The van der Waals surface area contributed by atoms with Crippen LogP contribution in [0.15, 0.2) is 42.9 Å². The summed E-state index contributed by atoms with van der Waals surface area (Å²) in [6.07, 6.45) is 3.32. The largest absolute Gasteiger partial charge is 0.380 e. The van der Waals surface area contributed by atoms with Gasteiger partial charge in [0, 0.05) is 26.4 Å². The number of rotatable bonds is 6. The number of methoxy groups -OCH3 is 1. The van der Waals surface area contributed by atoms with Gasteiger partial charge in [0.15, 0.2) is 0 Å². The molecule has 2 aromatic rings. The lowest BCUT2D eigenvalue weighted by Crippen LogP contribution is -2.13. The second-order valence-electron chi connectivity index (χ2n) is 4.05. The van der Waals surface area contributed by atoms with E-state index in [0.29, 0.717) is 6.61 Å². The van der Waals surface area contributed by atoms with Crippen LogP contribution in [0.5, 0.6) is 0 Å². The first-order chi connectivity index (χ1) is 8.88. The molecule has 0 saturated heterocycles. The lowest BCUT2D eigenvalue weighted by molar-refractivity contribution is 0.185. The Balaban J connectivity index is 1.80. The van der Waals surface area contributed by atoms with Crippen molar-refractivity contribution < 1.29 is 4.74 Å². The molecular weight excluding hydrogens is 226 g/mol. The molecule has 2 rings (SSSR count). The highest BCUT2D eigenvalue weighted by Gasteiger charge is 1.96. The molecular formula is C14H17N3O. The molecule has 18 heavy (non-hydrogen) atoms. The van der Waals surface area contributed by atoms with Crippen LogP contribution in [-0.4, -0.2) is 17.1 Å². The van der Waals surface area contributed by atoms with Crippen LogP contribution in [0.4, 0.5) is 0 Å². The number of nitrogens with zero attached hydrogens (tertiary/aromatic N) is 2. The average molecular weight is 243 g/mol. The molecule has 0 spiro atoms. The van der Waals surface area contributed by atoms with Crippen molar-refractivity contribution >= 4 is 0 Å². The Hall–Kier alpha value is -1.78. The van der Waals surface area contributed by atoms with Gasteiger partial charge in [-0.05, 0) is 17.2 Å². The van der Waals surface area contributed by atoms with Crippen molar-refractivity contribution in [1.82, 2.24) is 15.3 Å². The second-order valence-corrected chi connectivity index (χ2v) is 4.05. The molecule has 0 atom stereocenters. The van der Waals surface area contributed by atoms with Gasteiger partial charge in [0.05, 0.1) is 12.3 Å². The third-order valence-corrected chi connectivity index (χ3v) is 2.61. The van der Waals surface area contributed by atoms with E-state index in [9.17, 15) is 0 Å². The Morgan fingerprint density at radius 2 is 1.83 bits per heavy atom. The van der Waals surface area contributed by atoms with Crippen molar-refractivity contribution in [2.24, 2.45) is 0 Å². The molecule has 0 aliphatic rings. The molecule has 0 unspecified atom stereocenters. The summed E-state index contributed by atoms with van der Waals surface area (Å²) < 4.78 is 5.08. The van der Waals surface area contributed by atoms with Crippen LogP contribution in [-0.2, 0) is 24.4 Å². The molecule has 1 heterocycles. The molecule has 0 fully saturated rings. The van der Waals surface area contributed by atoms with Crippen molar-refractivity contribution in [3.8, 4) is 0 Å². The molecule has 0 bridgehead atoms. The third-order valence-electron chi connectivity index (χ3n) is 2.61. The Labute approximate surface area is 107 Å². The van der Waals surface area contributed by atoms with Crippen LogP contribution in [0, 0.1) is 0 Å². The zero-order valence-corrected chi connectivity index (χ0v) is 10.5. The smallest absolute Gasteiger partial charge is 0.115 e. The first-order valence-electron chi connectivity index (χ1n) is 5.91. The van der Waals surface area contributed by atoms with Crippen molar-refractivity contribution in [3.63, 3.8) is 0 Å². The monoisotopic (exact) mass is 243 g/mol. The predicted molar refractivity (Wildman–Crippen MR) is 69.7 cm³/mol. The van der Waals surface area contributed by atoms with Gasteiger partial charge in [0.2, 0.25) is 0 Å². The summed E-state index contributed by atoms with van der Waals surface area (Å²) in [5.74, 6) is 0. The van der Waals surface area contributed by atoms with Gasteiger partial charge in [-0.3, -0.25) is 0 Å². The van der Waals surface area contributed by atoms with Gasteiger partial charge >= 0.3 is 0 Å². The molecule has 0 radical (unpaired) electrons. The zero-order chi connectivity index (χ0) is 12.6. The molecule has 94 valence electrons. The van der Waals surface area contributed by atoms with Gasteiger partial charge in [0.1, 0.15) is 6.33 Å². The number of hydrogen-bond acceptors (Lipinski definition) is 4. The molecule has 4 nitrogen and oxygen atoms in total. The van der Waals surface area contributed by atoms with Gasteiger partial charge in [0.25, 0.3) is 0 Å². The van der Waals surface area contributed by atoms with E-state index in [-0.39, 0.29) is 0 Å². The van der Waals surface area contributed by atoms with Crippen LogP contribution in [0.3, 0.4) is 0 Å². The Bertz CT molecular complexity index is 456. The molecule has 1 aromatic heterocycles. The quantitative estimate of drug-likeness (QED) is 0.842. The Morgan fingerprint density at radius 3 is 2.50 bits per heavy atom. The van der Waals surface area contributed by atoms with E-state index in [1.165, 1.54) is 11.1 Å². The van der Waals surface area contributed by atoms with E-state index in [1.54, 1.807) is 19.6 Å². The summed E-state index contributed by atoms with van der Waals surface area (Å²) in [4.78, 5) is 8.05. The number of hydrogen-bond donors (Lipinski definition) is 1. The maximum atomic E-state index is 5.08. The lowest BCUT2D eigenvalue weighted by atomic mass is 10.1. The fraction of sp³-hybridized carbons (Fsp3) is 0.286. The van der Waals surface area contributed by atoms with Gasteiger partial charge in [-0.15, -0.1) is 0 Å². The molecule has 4 heteroatoms. The molecule has 0 amide bonds. The zero-order valence-electron chi connectivity index (χ0n) is 10.5. The summed E-state index contributed by atoms with van der Waals surface area (Å²) in [5, 5.41) is 3.35. The Kier molecular flexibility index (Phi) is 4.81. The third kappa shape index (κ3) is 3.91. The van der Waals surface area contributed by atoms with Crippen molar-refractivity contribution in [2.75, 3.05) is 7.11 Å². The fourth-order valence-corrected chi connectivity index (χ4v) is 1.68. The number of nitrogens with one attached hydrogen (secondary N) is 1. The summed E-state index contributed by atoms with van der Waals surface area (Å²) in [6.45, 7) is 2.24. The first-order valence-corrected chi connectivity index (χ1v) is 5.91. The fourth-order valence-electron chi connectivity index (χ4n) is 1.68. The predicted octanol–water partition coefficient (Wildman–Crippen LogP) is 1.91. The molecule has 0 saturated carbocycles. The maximum Gasteiger partial charge on any atom is 0.115 e. The van der Waals surface area contributed by atoms with Crippen LogP contribution in [0.2, 0.25) is 0 Å². The van der Waals surface area contributed by atoms with E-state index in [4.69, 9.17) is 4.74 Å². The first kappa shape index (κ1) is 12.7. The Morgan fingerprint density at radius 1 is 1.06 bits per heavy atom. The summed E-state index contributed by atoms with van der Waals surface area (Å²) >= 11 is 0. The normalized spacial score (nSPS) is 10.5. The van der Waals surface area contributed by atoms with Gasteiger partial charge in [-0.2, -0.15) is 0 Å². The van der Waals surface area contributed by atoms with E-state index in [0.717, 1.165) is 18.8 Å². The van der Waals surface area contributed by atoms with Gasteiger partial charge in [-0.1, -0.05) is 24.3 Å². The standard InChI is InChI=1S/C14H17N3O/c1-18-10-13-4-2-12(3-5-13)8-16-9-14-6-7-15-11-17-14/h2-7,11,16H,8-10H2,1H3. The lowest BCUT2D eigenvalue weighted by Gasteiger charge is -2.05. The molecule has 0 aliphatic heterocycles. The number of ether oxygens (including phenoxy) is 1. The van der Waals surface area contributed by atoms with Crippen LogP contribution in [0.25, 0.3) is 0 Å². The van der Waals surface area contributed by atoms with Crippen LogP contribution < -0.4 is 5.32 Å². The second kappa shape index (κ2) is 6.83. The summed E-state index contributed by atoms with van der Waals surface area (Å²) in [7, 11) is 1.71.